The molecular weight excluding hydrogens is 617 g/mol. The van der Waals surface area contributed by atoms with Crippen LogP contribution in [0, 0.1) is 6.92 Å². The van der Waals surface area contributed by atoms with Crippen molar-refractivity contribution in [1.29, 1.82) is 0 Å². The first kappa shape index (κ1) is 32.7. The molecule has 0 radical (unpaired) electrons. The molecule has 1 saturated heterocycles. The number of nitrogens with zero attached hydrogens (tertiary/aromatic N) is 5. The molecule has 0 bridgehead atoms. The number of hydrogen-bond donors (Lipinski definition) is 1. The van der Waals surface area contributed by atoms with Gasteiger partial charge in [0.25, 0.3) is 0 Å². The zero-order chi connectivity index (χ0) is 33.2. The van der Waals surface area contributed by atoms with Crippen LogP contribution in [-0.2, 0) is 11.2 Å². The smallest absolute Gasteiger partial charge is 0.406 e. The number of urea groups is 1. The van der Waals surface area contributed by atoms with Crippen LogP contribution in [0.15, 0.2) is 78.0 Å². The van der Waals surface area contributed by atoms with Gasteiger partial charge in [-0.05, 0) is 80.1 Å². The first-order valence-electron chi connectivity index (χ1n) is 14.6. The number of benzene rings is 3. The van der Waals surface area contributed by atoms with Crippen molar-refractivity contribution in [1.82, 2.24) is 20.1 Å². The van der Waals surface area contributed by atoms with Crippen LogP contribution in [0.4, 0.5) is 23.7 Å². The Hall–Kier alpha value is -4.65. The van der Waals surface area contributed by atoms with Gasteiger partial charge in [-0.3, -0.25) is 9.69 Å². The zero-order valence-corrected chi connectivity index (χ0v) is 26.7. The van der Waals surface area contributed by atoms with Gasteiger partial charge in [0, 0.05) is 12.1 Å². The summed E-state index contributed by atoms with van der Waals surface area (Å²) in [4.78, 5) is 36.5. The van der Waals surface area contributed by atoms with Crippen molar-refractivity contribution in [3.63, 3.8) is 0 Å². The van der Waals surface area contributed by atoms with E-state index in [0.29, 0.717) is 29.6 Å². The monoisotopic (exact) mass is 650 g/mol. The lowest BCUT2D eigenvalue weighted by Gasteiger charge is -2.23. The predicted molar refractivity (Wildman–Crippen MR) is 172 cm³/mol. The Morgan fingerprint density at radius 1 is 1.07 bits per heavy atom. The number of aromatic nitrogens is 3. The second kappa shape index (κ2) is 13.0. The highest BCUT2D eigenvalue weighted by Gasteiger charge is 2.46. The fraction of sp³-hybridized carbons (Fsp3) is 0.303. The third kappa shape index (κ3) is 7.58. The Balaban J connectivity index is 1.20. The molecule has 0 saturated carbocycles. The molecule has 1 aliphatic heterocycles. The lowest BCUT2D eigenvalue weighted by molar-refractivity contribution is -0.274. The normalized spacial score (nSPS) is 15.5. The molecule has 3 aromatic carbocycles. The van der Waals surface area contributed by atoms with E-state index in [1.807, 2.05) is 63.2 Å². The number of thioether (sulfide) groups is 1. The van der Waals surface area contributed by atoms with Gasteiger partial charge in [0.05, 0.1) is 16.1 Å². The molecule has 46 heavy (non-hydrogen) atoms. The molecule has 5 rings (SSSR count). The fourth-order valence-corrected chi connectivity index (χ4v) is 5.91. The van der Waals surface area contributed by atoms with E-state index in [9.17, 15) is 22.8 Å². The molecule has 1 fully saturated rings. The maximum absolute atomic E-state index is 13.4. The number of aryl methyl sites for hydroxylation is 1. The first-order valence-corrected chi connectivity index (χ1v) is 15.4. The Morgan fingerprint density at radius 3 is 2.41 bits per heavy atom. The van der Waals surface area contributed by atoms with Gasteiger partial charge in [-0.25, -0.2) is 14.5 Å². The summed E-state index contributed by atoms with van der Waals surface area (Å²) in [6.45, 7) is 10.1. The van der Waals surface area contributed by atoms with E-state index in [1.54, 1.807) is 4.90 Å². The summed E-state index contributed by atoms with van der Waals surface area (Å²) in [5.74, 6) is 0.172. The molecule has 3 amide bonds. The van der Waals surface area contributed by atoms with Crippen molar-refractivity contribution in [3.8, 4) is 22.8 Å². The molecule has 240 valence electrons. The molecule has 0 aliphatic carbocycles. The number of anilines is 1. The Kier molecular flexibility index (Phi) is 9.24. The van der Waals surface area contributed by atoms with Crippen LogP contribution in [0.25, 0.3) is 17.1 Å². The van der Waals surface area contributed by atoms with E-state index in [4.69, 9.17) is 0 Å². The van der Waals surface area contributed by atoms with Gasteiger partial charge in [-0.15, -0.1) is 18.3 Å². The van der Waals surface area contributed by atoms with Crippen molar-refractivity contribution in [2.45, 2.75) is 58.1 Å². The van der Waals surface area contributed by atoms with E-state index >= 15 is 0 Å². The second-order valence-corrected chi connectivity index (χ2v) is 13.2. The summed E-state index contributed by atoms with van der Waals surface area (Å²) in [6, 6.07) is 18.3. The standard InChI is InChI=1S/C33H33F3N6O3S/c1-20(2)26-15-6-21(3)18-27(26)42-29(43)32(4,5)46-31(42)39-30(44)37-17-16-22-7-9-23(10-8-22)28-38-19-41(40-28)24-11-13-25(14-12-24)45-33(34,35)36/h6-15,18-20H,16-17H2,1-5H3,(H,37,44). The van der Waals surface area contributed by atoms with Gasteiger partial charge in [0.15, 0.2) is 11.0 Å². The van der Waals surface area contributed by atoms with Crippen LogP contribution >= 0.6 is 11.8 Å². The van der Waals surface area contributed by atoms with E-state index in [2.05, 4.69) is 39.0 Å². The minimum Gasteiger partial charge on any atom is -0.406 e. The highest BCUT2D eigenvalue weighted by molar-refractivity contribution is 8.16. The number of rotatable bonds is 8. The molecule has 0 unspecified atom stereocenters. The molecule has 4 aromatic rings. The van der Waals surface area contributed by atoms with Crippen molar-refractivity contribution >= 4 is 34.6 Å². The molecule has 1 aliphatic rings. The molecule has 1 aromatic heterocycles. The molecule has 0 atom stereocenters. The highest BCUT2D eigenvalue weighted by Crippen LogP contribution is 2.42. The van der Waals surface area contributed by atoms with E-state index in [-0.39, 0.29) is 17.6 Å². The Bertz CT molecular complexity index is 1770. The number of carbonyl (C=O) groups is 2. The lowest BCUT2D eigenvalue weighted by Crippen LogP contribution is -2.37. The van der Waals surface area contributed by atoms with Crippen molar-refractivity contribution in [2.75, 3.05) is 11.4 Å². The zero-order valence-electron chi connectivity index (χ0n) is 25.9. The van der Waals surface area contributed by atoms with Gasteiger partial charge in [-0.2, -0.15) is 4.99 Å². The average Bonchev–Trinajstić information content (AvgIpc) is 3.55. The number of aliphatic imine (C=N–C) groups is 1. The third-order valence-electron chi connectivity index (χ3n) is 7.23. The third-order valence-corrected chi connectivity index (χ3v) is 8.37. The number of amides is 3. The van der Waals surface area contributed by atoms with Gasteiger partial charge in [-0.1, -0.05) is 62.0 Å². The summed E-state index contributed by atoms with van der Waals surface area (Å²) >= 11 is 1.27. The first-order chi connectivity index (χ1) is 21.7. The summed E-state index contributed by atoms with van der Waals surface area (Å²) in [5, 5.41) is 7.60. The minimum absolute atomic E-state index is 0.121. The van der Waals surface area contributed by atoms with Crippen LogP contribution < -0.4 is 15.0 Å². The largest absolute Gasteiger partial charge is 0.573 e. The summed E-state index contributed by atoms with van der Waals surface area (Å²) in [5.41, 5.74) is 5.00. The van der Waals surface area contributed by atoms with Gasteiger partial charge in [0.2, 0.25) is 5.91 Å². The number of carbonyl (C=O) groups excluding carboxylic acids is 2. The minimum atomic E-state index is -4.76. The van der Waals surface area contributed by atoms with Gasteiger partial charge in [0.1, 0.15) is 12.1 Å². The second-order valence-electron chi connectivity index (χ2n) is 11.6. The van der Waals surface area contributed by atoms with Crippen molar-refractivity contribution in [2.24, 2.45) is 4.99 Å². The fourth-order valence-electron chi connectivity index (χ4n) is 4.88. The number of halogens is 3. The average molecular weight is 651 g/mol. The van der Waals surface area contributed by atoms with Crippen LogP contribution in [0.1, 0.15) is 50.3 Å². The Labute approximate surface area is 268 Å². The highest BCUT2D eigenvalue weighted by atomic mass is 32.2. The van der Waals surface area contributed by atoms with Crippen LogP contribution in [-0.4, -0.2) is 49.5 Å². The van der Waals surface area contributed by atoms with Crippen molar-refractivity contribution < 1.29 is 27.5 Å². The maximum Gasteiger partial charge on any atom is 0.573 e. The molecule has 1 N–H and O–H groups in total. The van der Waals surface area contributed by atoms with Crippen molar-refractivity contribution in [3.05, 3.63) is 89.7 Å². The van der Waals surface area contributed by atoms with E-state index in [1.165, 1.54) is 47.0 Å². The number of amidine groups is 1. The molecule has 13 heteroatoms. The molecule has 0 spiro atoms. The number of hydrogen-bond acceptors (Lipinski definition) is 6. The molecule has 9 nitrogen and oxygen atoms in total. The SMILES string of the molecule is Cc1ccc(C(C)C)c(N2C(=O)C(C)(C)SC2=NC(=O)NCCc2ccc(-c3ncn(-c4ccc(OC(F)(F)F)cc4)n3)cc2)c1. The summed E-state index contributed by atoms with van der Waals surface area (Å²) < 4.78 is 41.9. The van der Waals surface area contributed by atoms with E-state index < -0.39 is 17.1 Å². The van der Waals surface area contributed by atoms with Gasteiger partial charge < -0.3 is 10.1 Å². The van der Waals surface area contributed by atoms with Crippen LogP contribution in [0.3, 0.4) is 0 Å². The molecular formula is C33H33F3N6O3S. The van der Waals surface area contributed by atoms with Crippen LogP contribution in [0.5, 0.6) is 5.75 Å². The number of ether oxygens (including phenoxy) is 1. The van der Waals surface area contributed by atoms with Crippen LogP contribution in [0.2, 0.25) is 0 Å². The Morgan fingerprint density at radius 2 is 1.76 bits per heavy atom. The molecule has 2 heterocycles. The summed E-state index contributed by atoms with van der Waals surface area (Å²) in [6.07, 6.45) is -2.74. The predicted octanol–water partition coefficient (Wildman–Crippen LogP) is 7.43. The topological polar surface area (TPSA) is 102 Å². The lowest BCUT2D eigenvalue weighted by atomic mass is 9.98. The number of nitrogens with one attached hydrogen (secondary N) is 1. The summed E-state index contributed by atoms with van der Waals surface area (Å²) in [7, 11) is 0. The maximum atomic E-state index is 13.4. The quantitative estimate of drug-likeness (QED) is 0.213. The van der Waals surface area contributed by atoms with E-state index in [0.717, 1.165) is 27.9 Å². The number of alkyl halides is 3. The van der Waals surface area contributed by atoms with Gasteiger partial charge >= 0.3 is 12.4 Å².